The molecule has 0 spiro atoms. The Morgan fingerprint density at radius 3 is 2.76 bits per heavy atom. The molecule has 6 nitrogen and oxygen atoms in total. The Hall–Kier alpha value is -2.63. The standard InChI is InChI=1S/C23H28N2O4/c1-3-29-23(28)21-15(2)9-10-17-13-24(14-19(17)21)22(27)16-6-4-7-18(12-16)25-11-5-8-20(25)26/h4,6-7,9-10,12,15,17,19,21H,3,5,8,11,13-14H2,1-2H3/t15-,17-,19-,21-/m0/s1. The number of rotatable bonds is 4. The maximum Gasteiger partial charge on any atom is 0.309 e. The van der Waals surface area contributed by atoms with Crippen LogP contribution in [0.25, 0.3) is 0 Å². The van der Waals surface area contributed by atoms with E-state index in [0.717, 1.165) is 12.1 Å². The molecule has 2 heterocycles. The summed E-state index contributed by atoms with van der Waals surface area (Å²) in [5.74, 6) is 0.0540. The molecule has 2 amide bonds. The Balaban J connectivity index is 1.52. The lowest BCUT2D eigenvalue weighted by Gasteiger charge is -2.31. The van der Waals surface area contributed by atoms with E-state index in [1.165, 1.54) is 0 Å². The maximum absolute atomic E-state index is 13.2. The highest BCUT2D eigenvalue weighted by molar-refractivity contribution is 5.99. The van der Waals surface area contributed by atoms with Crippen LogP contribution in [0.3, 0.4) is 0 Å². The molecule has 2 aliphatic heterocycles. The van der Waals surface area contributed by atoms with Crippen LogP contribution in [0.1, 0.15) is 37.0 Å². The largest absolute Gasteiger partial charge is 0.466 e. The Bertz CT molecular complexity index is 849. The van der Waals surface area contributed by atoms with E-state index in [-0.39, 0.29) is 41.5 Å². The Morgan fingerprint density at radius 2 is 2.03 bits per heavy atom. The van der Waals surface area contributed by atoms with Crippen molar-refractivity contribution in [2.75, 3.05) is 31.1 Å². The van der Waals surface area contributed by atoms with Crippen molar-refractivity contribution in [2.45, 2.75) is 26.7 Å². The molecule has 0 bridgehead atoms. The molecule has 0 unspecified atom stereocenters. The van der Waals surface area contributed by atoms with Crippen molar-refractivity contribution in [3.63, 3.8) is 0 Å². The van der Waals surface area contributed by atoms with Crippen LogP contribution in [0.2, 0.25) is 0 Å². The lowest BCUT2D eigenvalue weighted by molar-refractivity contribution is -0.152. The molecule has 6 heteroatoms. The van der Waals surface area contributed by atoms with Crippen LogP contribution >= 0.6 is 0 Å². The summed E-state index contributed by atoms with van der Waals surface area (Å²) in [7, 11) is 0. The van der Waals surface area contributed by atoms with Crippen molar-refractivity contribution >= 4 is 23.5 Å². The molecule has 1 aromatic rings. The summed E-state index contributed by atoms with van der Waals surface area (Å²) in [5, 5.41) is 0. The second kappa shape index (κ2) is 8.01. The lowest BCUT2D eigenvalue weighted by Crippen LogP contribution is -2.37. The molecule has 4 rings (SSSR count). The van der Waals surface area contributed by atoms with Crippen LogP contribution < -0.4 is 4.90 Å². The van der Waals surface area contributed by atoms with Gasteiger partial charge in [0.2, 0.25) is 5.91 Å². The number of carbonyl (C=O) groups excluding carboxylic acids is 3. The van der Waals surface area contributed by atoms with E-state index in [2.05, 4.69) is 12.2 Å². The molecule has 0 saturated carbocycles. The first-order valence-electron chi connectivity index (χ1n) is 10.5. The fourth-order valence-corrected chi connectivity index (χ4v) is 4.97. The highest BCUT2D eigenvalue weighted by Crippen LogP contribution is 2.40. The molecule has 154 valence electrons. The topological polar surface area (TPSA) is 66.9 Å². The van der Waals surface area contributed by atoms with Crippen molar-refractivity contribution in [2.24, 2.45) is 23.7 Å². The number of anilines is 1. The van der Waals surface area contributed by atoms with E-state index in [1.807, 2.05) is 36.9 Å². The van der Waals surface area contributed by atoms with Gasteiger partial charge in [-0.05, 0) is 49.3 Å². The number of fused-ring (bicyclic) bond motifs is 1. The van der Waals surface area contributed by atoms with Gasteiger partial charge in [-0.1, -0.05) is 25.1 Å². The van der Waals surface area contributed by atoms with Gasteiger partial charge in [0.1, 0.15) is 0 Å². The zero-order valence-corrected chi connectivity index (χ0v) is 17.0. The van der Waals surface area contributed by atoms with Crippen LogP contribution in [0, 0.1) is 23.7 Å². The predicted molar refractivity (Wildman–Crippen MR) is 109 cm³/mol. The summed E-state index contributed by atoms with van der Waals surface area (Å²) >= 11 is 0. The number of carbonyl (C=O) groups is 3. The number of amides is 2. The van der Waals surface area contributed by atoms with E-state index < -0.39 is 0 Å². The smallest absolute Gasteiger partial charge is 0.309 e. The summed E-state index contributed by atoms with van der Waals surface area (Å²) in [4.78, 5) is 41.4. The first kappa shape index (κ1) is 19.7. The minimum Gasteiger partial charge on any atom is -0.466 e. The zero-order valence-electron chi connectivity index (χ0n) is 17.0. The van der Waals surface area contributed by atoms with Gasteiger partial charge >= 0.3 is 5.97 Å². The maximum atomic E-state index is 13.2. The van der Waals surface area contributed by atoms with Crippen LogP contribution in [0.5, 0.6) is 0 Å². The number of allylic oxidation sites excluding steroid dienone is 1. The van der Waals surface area contributed by atoms with E-state index in [0.29, 0.717) is 38.2 Å². The van der Waals surface area contributed by atoms with Gasteiger partial charge in [0, 0.05) is 37.3 Å². The van der Waals surface area contributed by atoms with Crippen LogP contribution in [0.4, 0.5) is 5.69 Å². The summed E-state index contributed by atoms with van der Waals surface area (Å²) in [6.45, 7) is 6.09. The van der Waals surface area contributed by atoms with Gasteiger partial charge in [-0.15, -0.1) is 0 Å². The molecule has 0 N–H and O–H groups in total. The molecule has 29 heavy (non-hydrogen) atoms. The first-order chi connectivity index (χ1) is 14.0. The Kier molecular flexibility index (Phi) is 5.43. The molecule has 0 radical (unpaired) electrons. The summed E-state index contributed by atoms with van der Waals surface area (Å²) in [6, 6.07) is 7.33. The number of hydrogen-bond acceptors (Lipinski definition) is 4. The quantitative estimate of drug-likeness (QED) is 0.580. The minimum atomic E-state index is -0.212. The predicted octanol–water partition coefficient (Wildman–Crippen LogP) is 2.89. The van der Waals surface area contributed by atoms with Crippen LogP contribution in [-0.2, 0) is 14.3 Å². The van der Waals surface area contributed by atoms with Gasteiger partial charge in [0.05, 0.1) is 12.5 Å². The molecular formula is C23H28N2O4. The van der Waals surface area contributed by atoms with E-state index >= 15 is 0 Å². The third-order valence-corrected chi connectivity index (χ3v) is 6.43. The van der Waals surface area contributed by atoms with Gasteiger partial charge in [-0.2, -0.15) is 0 Å². The summed E-state index contributed by atoms with van der Waals surface area (Å²) in [6.07, 6.45) is 5.65. The van der Waals surface area contributed by atoms with E-state index in [9.17, 15) is 14.4 Å². The van der Waals surface area contributed by atoms with Crippen molar-refractivity contribution in [3.8, 4) is 0 Å². The fourth-order valence-electron chi connectivity index (χ4n) is 4.97. The fraction of sp³-hybridized carbons (Fsp3) is 0.522. The lowest BCUT2D eigenvalue weighted by atomic mass is 9.72. The monoisotopic (exact) mass is 396 g/mol. The SMILES string of the molecule is CCOC(=O)[C@@H]1[C@H]2CN(C(=O)c3cccc(N4CCCC4=O)c3)C[C@@H]2C=C[C@@H]1C. The third kappa shape index (κ3) is 3.68. The van der Waals surface area contributed by atoms with Crippen LogP contribution in [-0.4, -0.2) is 48.9 Å². The average molecular weight is 396 g/mol. The zero-order chi connectivity index (χ0) is 20.5. The molecular weight excluding hydrogens is 368 g/mol. The third-order valence-electron chi connectivity index (χ3n) is 6.43. The number of nitrogens with zero attached hydrogens (tertiary/aromatic N) is 2. The molecule has 0 aromatic heterocycles. The van der Waals surface area contributed by atoms with Gasteiger partial charge in [0.25, 0.3) is 5.91 Å². The number of likely N-dealkylation sites (tertiary alicyclic amines) is 1. The van der Waals surface area contributed by atoms with Crippen LogP contribution in [0.15, 0.2) is 36.4 Å². The molecule has 2 fully saturated rings. The molecule has 3 aliphatic rings. The molecule has 1 aromatic carbocycles. The first-order valence-corrected chi connectivity index (χ1v) is 10.5. The molecule has 2 saturated heterocycles. The Morgan fingerprint density at radius 1 is 1.21 bits per heavy atom. The van der Waals surface area contributed by atoms with Crippen molar-refractivity contribution < 1.29 is 19.1 Å². The highest BCUT2D eigenvalue weighted by atomic mass is 16.5. The van der Waals surface area contributed by atoms with Gasteiger partial charge < -0.3 is 14.5 Å². The molecule has 4 atom stereocenters. The van der Waals surface area contributed by atoms with Gasteiger partial charge in [-0.3, -0.25) is 14.4 Å². The number of hydrogen-bond donors (Lipinski definition) is 0. The number of esters is 1. The second-order valence-electron chi connectivity index (χ2n) is 8.26. The minimum absolute atomic E-state index is 0.0449. The van der Waals surface area contributed by atoms with Crippen molar-refractivity contribution in [1.29, 1.82) is 0 Å². The summed E-state index contributed by atoms with van der Waals surface area (Å²) < 4.78 is 5.31. The van der Waals surface area contributed by atoms with Crippen molar-refractivity contribution in [3.05, 3.63) is 42.0 Å². The highest BCUT2D eigenvalue weighted by Gasteiger charge is 2.46. The summed E-state index contributed by atoms with van der Waals surface area (Å²) in [5.41, 5.74) is 1.37. The molecule has 1 aliphatic carbocycles. The van der Waals surface area contributed by atoms with E-state index in [4.69, 9.17) is 4.74 Å². The Labute approximate surface area is 171 Å². The average Bonchev–Trinajstić information content (AvgIpc) is 3.33. The van der Waals surface area contributed by atoms with Gasteiger partial charge in [-0.25, -0.2) is 0 Å². The second-order valence-corrected chi connectivity index (χ2v) is 8.26. The van der Waals surface area contributed by atoms with E-state index in [1.54, 1.807) is 11.0 Å². The van der Waals surface area contributed by atoms with Gasteiger partial charge in [0.15, 0.2) is 0 Å². The normalized spacial score (nSPS) is 28.6. The number of ether oxygens (including phenoxy) is 1. The number of benzene rings is 1. The van der Waals surface area contributed by atoms with Crippen molar-refractivity contribution in [1.82, 2.24) is 4.90 Å².